The van der Waals surface area contributed by atoms with E-state index in [0.29, 0.717) is 11.1 Å². The van der Waals surface area contributed by atoms with Crippen LogP contribution >= 0.6 is 0 Å². The number of hydrogen-bond donors (Lipinski definition) is 1. The molecule has 0 saturated heterocycles. The van der Waals surface area contributed by atoms with E-state index in [1.165, 1.54) is 6.07 Å². The van der Waals surface area contributed by atoms with Gasteiger partial charge in [-0.25, -0.2) is 4.39 Å². The van der Waals surface area contributed by atoms with Gasteiger partial charge in [-0.3, -0.25) is 4.79 Å². The summed E-state index contributed by atoms with van der Waals surface area (Å²) >= 11 is 0. The Morgan fingerprint density at radius 1 is 0.933 bits per heavy atom. The molecule has 0 saturated carbocycles. The van der Waals surface area contributed by atoms with Crippen molar-refractivity contribution in [3.8, 4) is 6.07 Å². The van der Waals surface area contributed by atoms with E-state index < -0.39 is 11.7 Å². The maximum Gasteiger partial charge on any atom is 0.205 e. The summed E-state index contributed by atoms with van der Waals surface area (Å²) in [6.45, 7) is 0. The second-order valence-electron chi connectivity index (χ2n) is 6.75. The average molecular weight is 396 g/mol. The zero-order valence-electron chi connectivity index (χ0n) is 15.9. The predicted octanol–water partition coefficient (Wildman–Crippen LogP) is 4.93. The van der Waals surface area contributed by atoms with Crippen LogP contribution in [0.4, 0.5) is 4.39 Å². The highest BCUT2D eigenvalue weighted by Crippen LogP contribution is 2.44. The maximum atomic E-state index is 14.8. The van der Waals surface area contributed by atoms with Crippen molar-refractivity contribution in [2.75, 3.05) is 0 Å². The van der Waals surface area contributed by atoms with Gasteiger partial charge in [-0.15, -0.1) is 0 Å². The zero-order valence-corrected chi connectivity index (χ0v) is 15.9. The van der Waals surface area contributed by atoms with E-state index in [2.05, 4.69) is 0 Å². The van der Waals surface area contributed by atoms with Gasteiger partial charge in [0.2, 0.25) is 5.88 Å². The fourth-order valence-electron chi connectivity index (χ4n) is 3.56. The second-order valence-corrected chi connectivity index (χ2v) is 6.75. The summed E-state index contributed by atoms with van der Waals surface area (Å²) in [6, 6.07) is 25.7. The Morgan fingerprint density at radius 2 is 1.53 bits per heavy atom. The first kappa shape index (κ1) is 19.2. The number of nitrogens with two attached hydrogens (primary N) is 1. The summed E-state index contributed by atoms with van der Waals surface area (Å²) in [7, 11) is 0. The molecule has 0 radical (unpaired) electrons. The standard InChI is InChI=1S/C25H17FN2O2/c26-20-14-8-7-13-18(20)21-19(15-27)25(28)30-24(17-11-5-2-6-12-17)22(21)23(29)16-9-3-1-4-10-16/h1-14,21H,28H2/t21-/m0/s1. The lowest BCUT2D eigenvalue weighted by atomic mass is 9.78. The molecule has 4 nitrogen and oxygen atoms in total. The molecule has 2 N–H and O–H groups in total. The van der Waals surface area contributed by atoms with E-state index in [-0.39, 0.29) is 34.1 Å². The topological polar surface area (TPSA) is 76.1 Å². The molecule has 146 valence electrons. The summed E-state index contributed by atoms with van der Waals surface area (Å²) in [5, 5.41) is 9.79. The van der Waals surface area contributed by atoms with Gasteiger partial charge >= 0.3 is 0 Å². The van der Waals surface area contributed by atoms with Gasteiger partial charge in [0, 0.05) is 16.7 Å². The zero-order chi connectivity index (χ0) is 21.1. The highest BCUT2D eigenvalue weighted by atomic mass is 19.1. The van der Waals surface area contributed by atoms with E-state index >= 15 is 0 Å². The second kappa shape index (κ2) is 8.06. The van der Waals surface area contributed by atoms with Crippen molar-refractivity contribution in [2.45, 2.75) is 5.92 Å². The van der Waals surface area contributed by atoms with Crippen LogP contribution in [-0.4, -0.2) is 5.78 Å². The monoisotopic (exact) mass is 396 g/mol. The number of nitriles is 1. The van der Waals surface area contributed by atoms with Crippen LogP contribution < -0.4 is 5.73 Å². The van der Waals surface area contributed by atoms with Crippen LogP contribution in [0.15, 0.2) is 102 Å². The number of halogens is 1. The van der Waals surface area contributed by atoms with Crippen molar-refractivity contribution >= 4 is 11.5 Å². The van der Waals surface area contributed by atoms with Gasteiger partial charge in [0.15, 0.2) is 5.78 Å². The largest absolute Gasteiger partial charge is 0.439 e. The van der Waals surface area contributed by atoms with Gasteiger partial charge in [0.1, 0.15) is 23.2 Å². The quantitative estimate of drug-likeness (QED) is 0.635. The van der Waals surface area contributed by atoms with E-state index in [0.717, 1.165) is 0 Å². The molecular weight excluding hydrogens is 379 g/mol. The van der Waals surface area contributed by atoms with Crippen LogP contribution in [0.25, 0.3) is 5.76 Å². The molecule has 0 bridgehead atoms. The lowest BCUT2D eigenvalue weighted by molar-refractivity contribution is 0.102. The Kier molecular flexibility index (Phi) is 5.15. The van der Waals surface area contributed by atoms with E-state index in [1.807, 2.05) is 12.1 Å². The van der Waals surface area contributed by atoms with Crippen LogP contribution in [0.1, 0.15) is 27.4 Å². The molecule has 0 aromatic heterocycles. The minimum atomic E-state index is -0.993. The summed E-state index contributed by atoms with van der Waals surface area (Å²) < 4.78 is 20.6. The first-order chi connectivity index (χ1) is 14.6. The average Bonchev–Trinajstić information content (AvgIpc) is 2.79. The summed E-state index contributed by atoms with van der Waals surface area (Å²) in [4.78, 5) is 13.6. The first-order valence-electron chi connectivity index (χ1n) is 9.33. The minimum Gasteiger partial charge on any atom is -0.439 e. The van der Waals surface area contributed by atoms with Crippen molar-refractivity contribution < 1.29 is 13.9 Å². The van der Waals surface area contributed by atoms with Gasteiger partial charge in [-0.05, 0) is 6.07 Å². The molecular formula is C25H17FN2O2. The van der Waals surface area contributed by atoms with Crippen molar-refractivity contribution in [1.82, 2.24) is 0 Å². The molecule has 0 amide bonds. The lowest BCUT2D eigenvalue weighted by Gasteiger charge is -2.29. The number of carbonyl (C=O) groups excluding carboxylic acids is 1. The molecule has 30 heavy (non-hydrogen) atoms. The highest BCUT2D eigenvalue weighted by Gasteiger charge is 2.38. The third-order valence-corrected chi connectivity index (χ3v) is 4.95. The molecule has 4 rings (SSSR count). The molecule has 1 heterocycles. The highest BCUT2D eigenvalue weighted by molar-refractivity contribution is 6.14. The normalized spacial score (nSPS) is 16.1. The summed E-state index contributed by atoms with van der Waals surface area (Å²) in [5.41, 5.74) is 7.44. The first-order valence-corrected chi connectivity index (χ1v) is 9.33. The SMILES string of the molecule is N#CC1=C(N)OC(c2ccccc2)=C(C(=O)c2ccccc2)[C@H]1c1ccccc1F. The number of benzene rings is 3. The molecule has 0 aliphatic carbocycles. The fraction of sp³-hybridized carbons (Fsp3) is 0.0400. The van der Waals surface area contributed by atoms with Gasteiger partial charge < -0.3 is 10.5 Å². The van der Waals surface area contributed by atoms with Gasteiger partial charge in [0.05, 0.1) is 11.5 Å². The lowest BCUT2D eigenvalue weighted by Crippen LogP contribution is -2.25. The third-order valence-electron chi connectivity index (χ3n) is 4.95. The van der Waals surface area contributed by atoms with Crippen LogP contribution in [0, 0.1) is 17.1 Å². The molecule has 3 aromatic carbocycles. The molecule has 1 atom stereocenters. The molecule has 1 aliphatic heterocycles. The maximum absolute atomic E-state index is 14.8. The number of carbonyl (C=O) groups is 1. The van der Waals surface area contributed by atoms with E-state index in [1.54, 1.807) is 72.8 Å². The minimum absolute atomic E-state index is 0.000868. The van der Waals surface area contributed by atoms with Crippen molar-refractivity contribution in [3.05, 3.63) is 124 Å². The molecule has 1 aliphatic rings. The Bertz CT molecular complexity index is 1210. The Hall–Kier alpha value is -4.17. The molecule has 0 unspecified atom stereocenters. The smallest absolute Gasteiger partial charge is 0.205 e. The number of ether oxygens (including phenoxy) is 1. The predicted molar refractivity (Wildman–Crippen MR) is 111 cm³/mol. The van der Waals surface area contributed by atoms with E-state index in [9.17, 15) is 14.4 Å². The van der Waals surface area contributed by atoms with Crippen molar-refractivity contribution in [1.29, 1.82) is 5.26 Å². The van der Waals surface area contributed by atoms with Crippen LogP contribution in [-0.2, 0) is 4.74 Å². The molecule has 0 fully saturated rings. The van der Waals surface area contributed by atoms with Gasteiger partial charge in [-0.1, -0.05) is 78.9 Å². The fourth-order valence-corrected chi connectivity index (χ4v) is 3.56. The van der Waals surface area contributed by atoms with Gasteiger partial charge in [0.25, 0.3) is 0 Å². The molecule has 5 heteroatoms. The Labute approximate surface area is 173 Å². The summed E-state index contributed by atoms with van der Waals surface area (Å²) in [5.74, 6) is -1.81. The Morgan fingerprint density at radius 3 is 2.17 bits per heavy atom. The Balaban J connectivity index is 2.03. The van der Waals surface area contributed by atoms with Crippen LogP contribution in [0.2, 0.25) is 0 Å². The van der Waals surface area contributed by atoms with E-state index in [4.69, 9.17) is 10.5 Å². The molecule has 3 aromatic rings. The van der Waals surface area contributed by atoms with Crippen LogP contribution in [0.5, 0.6) is 0 Å². The summed E-state index contributed by atoms with van der Waals surface area (Å²) in [6.07, 6.45) is 0. The van der Waals surface area contributed by atoms with Crippen molar-refractivity contribution in [3.63, 3.8) is 0 Å². The van der Waals surface area contributed by atoms with Gasteiger partial charge in [-0.2, -0.15) is 5.26 Å². The number of rotatable bonds is 4. The number of Topliss-reactive ketones (excluding diaryl/α,β-unsaturated/α-hetero) is 1. The van der Waals surface area contributed by atoms with Crippen molar-refractivity contribution in [2.24, 2.45) is 5.73 Å². The number of ketones is 1. The number of nitrogens with zero attached hydrogens (tertiary/aromatic N) is 1. The molecule has 0 spiro atoms. The number of hydrogen-bond acceptors (Lipinski definition) is 4. The number of allylic oxidation sites excluding steroid dienone is 2. The van der Waals surface area contributed by atoms with Crippen LogP contribution in [0.3, 0.4) is 0 Å². The third kappa shape index (κ3) is 3.36.